The molecular formula is C5H11O5P. The van der Waals surface area contributed by atoms with Gasteiger partial charge < -0.3 is 14.9 Å². The summed E-state index contributed by atoms with van der Waals surface area (Å²) < 4.78 is 10.3. The van der Waals surface area contributed by atoms with Crippen molar-refractivity contribution in [3.63, 3.8) is 0 Å². The van der Waals surface area contributed by atoms with Crippen LogP contribution in [0.5, 0.6) is 0 Å². The summed E-state index contributed by atoms with van der Waals surface area (Å²) in [7, 11) is -4.04. The number of aliphatic carboxylic acids is 1. The van der Waals surface area contributed by atoms with Crippen LogP contribution in [0, 0.1) is 5.92 Å². The Morgan fingerprint density at radius 1 is 1.55 bits per heavy atom. The maximum atomic E-state index is 10.3. The van der Waals surface area contributed by atoms with E-state index in [0.717, 1.165) is 0 Å². The normalized spacial score (nSPS) is 14.5. The van der Waals surface area contributed by atoms with Gasteiger partial charge in [-0.1, -0.05) is 6.92 Å². The third-order valence-corrected chi connectivity index (χ3v) is 2.17. The maximum Gasteiger partial charge on any atom is 0.325 e. The quantitative estimate of drug-likeness (QED) is 0.542. The maximum absolute atomic E-state index is 10.3. The molecule has 1 unspecified atom stereocenters. The fourth-order valence-electron chi connectivity index (χ4n) is 0.769. The molecule has 0 aromatic rings. The molecule has 0 spiro atoms. The Labute approximate surface area is 64.2 Å². The highest BCUT2D eigenvalue weighted by Crippen LogP contribution is 2.37. The molecule has 0 aromatic heterocycles. The first-order valence-corrected chi connectivity index (χ1v) is 4.87. The van der Waals surface area contributed by atoms with Gasteiger partial charge in [0.2, 0.25) is 0 Å². The average Bonchev–Trinajstić information content (AvgIpc) is 1.53. The van der Waals surface area contributed by atoms with E-state index in [-0.39, 0.29) is 12.6 Å². The van der Waals surface area contributed by atoms with Crippen molar-refractivity contribution in [2.45, 2.75) is 13.3 Å². The second-order valence-corrected chi connectivity index (χ2v) is 4.24. The molecule has 0 fully saturated rings. The first-order chi connectivity index (χ1) is 4.81. The summed E-state index contributed by atoms with van der Waals surface area (Å²) in [4.78, 5) is 26.9. The number of rotatable bonds is 4. The standard InChI is InChI=1S/C5H11O5P/c1-4(2-5(6)7)3-11(8,9)10/h4H,2-3H2,1H3,(H,6,7)(H2,8,9,10). The Bertz CT molecular complexity index is 183. The molecule has 3 N–H and O–H groups in total. The van der Waals surface area contributed by atoms with Crippen LogP contribution in [0.3, 0.4) is 0 Å². The van der Waals surface area contributed by atoms with Gasteiger partial charge in [-0.3, -0.25) is 9.36 Å². The van der Waals surface area contributed by atoms with Crippen LogP contribution in [0.1, 0.15) is 13.3 Å². The minimum atomic E-state index is -4.04. The van der Waals surface area contributed by atoms with E-state index in [1.807, 2.05) is 0 Å². The molecule has 0 rings (SSSR count). The molecule has 0 bridgehead atoms. The van der Waals surface area contributed by atoms with Gasteiger partial charge in [0.25, 0.3) is 0 Å². The van der Waals surface area contributed by atoms with Crippen LogP contribution < -0.4 is 0 Å². The molecule has 0 aliphatic rings. The molecule has 0 aromatic carbocycles. The van der Waals surface area contributed by atoms with Gasteiger partial charge in [0.1, 0.15) is 0 Å². The Kier molecular flexibility index (Phi) is 3.72. The highest BCUT2D eigenvalue weighted by atomic mass is 31.2. The van der Waals surface area contributed by atoms with Crippen molar-refractivity contribution in [1.29, 1.82) is 0 Å². The molecule has 0 aliphatic heterocycles. The van der Waals surface area contributed by atoms with E-state index in [9.17, 15) is 9.36 Å². The van der Waals surface area contributed by atoms with Crippen LogP contribution in [0.25, 0.3) is 0 Å². The molecule has 0 amide bonds. The highest BCUT2D eigenvalue weighted by molar-refractivity contribution is 7.51. The summed E-state index contributed by atoms with van der Waals surface area (Å²) in [5.41, 5.74) is 0. The van der Waals surface area contributed by atoms with Gasteiger partial charge in [-0.25, -0.2) is 0 Å². The van der Waals surface area contributed by atoms with E-state index in [4.69, 9.17) is 14.9 Å². The van der Waals surface area contributed by atoms with E-state index in [2.05, 4.69) is 0 Å². The summed E-state index contributed by atoms with van der Waals surface area (Å²) in [6.07, 6.45) is -0.565. The summed E-state index contributed by atoms with van der Waals surface area (Å²) in [5, 5.41) is 8.23. The fourth-order valence-corrected chi connectivity index (χ4v) is 1.71. The zero-order valence-corrected chi connectivity index (χ0v) is 6.99. The number of hydrogen-bond donors (Lipinski definition) is 3. The lowest BCUT2D eigenvalue weighted by Crippen LogP contribution is -2.08. The highest BCUT2D eigenvalue weighted by Gasteiger charge is 2.19. The van der Waals surface area contributed by atoms with E-state index < -0.39 is 19.5 Å². The molecule has 0 aliphatic carbocycles. The van der Waals surface area contributed by atoms with Gasteiger partial charge in [-0.15, -0.1) is 0 Å². The SMILES string of the molecule is CC(CC(=O)O)CP(=O)(O)O. The molecule has 6 heteroatoms. The summed E-state index contributed by atoms with van der Waals surface area (Å²) >= 11 is 0. The monoisotopic (exact) mass is 182 g/mol. The van der Waals surface area contributed by atoms with E-state index in [0.29, 0.717) is 0 Å². The first-order valence-electron chi connectivity index (χ1n) is 3.07. The predicted molar refractivity (Wildman–Crippen MR) is 38.3 cm³/mol. The minimum absolute atomic E-state index is 0.203. The van der Waals surface area contributed by atoms with Crippen LogP contribution in [-0.2, 0) is 9.36 Å². The van der Waals surface area contributed by atoms with E-state index >= 15 is 0 Å². The van der Waals surface area contributed by atoms with Crippen molar-refractivity contribution in [3.8, 4) is 0 Å². The smallest absolute Gasteiger partial charge is 0.325 e. The lowest BCUT2D eigenvalue weighted by atomic mass is 10.1. The Balaban J connectivity index is 3.79. The summed E-state index contributed by atoms with van der Waals surface area (Å²) in [6, 6.07) is 0. The largest absolute Gasteiger partial charge is 0.481 e. The van der Waals surface area contributed by atoms with E-state index in [1.165, 1.54) is 6.92 Å². The lowest BCUT2D eigenvalue weighted by molar-refractivity contribution is -0.137. The molecule has 11 heavy (non-hydrogen) atoms. The van der Waals surface area contributed by atoms with Crippen LogP contribution in [0.15, 0.2) is 0 Å². The van der Waals surface area contributed by atoms with E-state index in [1.54, 1.807) is 0 Å². The summed E-state index contributed by atoms with van der Waals surface area (Å²) in [5.74, 6) is -1.51. The van der Waals surface area contributed by atoms with Crippen molar-refractivity contribution in [1.82, 2.24) is 0 Å². The fraction of sp³-hybridized carbons (Fsp3) is 0.800. The Morgan fingerprint density at radius 2 is 2.00 bits per heavy atom. The van der Waals surface area contributed by atoms with Crippen molar-refractivity contribution >= 4 is 13.6 Å². The predicted octanol–water partition coefficient (Wildman–Crippen LogP) is 0.275. The summed E-state index contributed by atoms with van der Waals surface area (Å²) in [6.45, 7) is 1.49. The van der Waals surface area contributed by atoms with Crippen LogP contribution in [0.2, 0.25) is 0 Å². The van der Waals surface area contributed by atoms with Gasteiger partial charge in [0, 0.05) is 6.42 Å². The lowest BCUT2D eigenvalue weighted by Gasteiger charge is -2.08. The molecule has 1 atom stereocenters. The Hall–Kier alpha value is -0.380. The second kappa shape index (κ2) is 3.85. The van der Waals surface area contributed by atoms with Gasteiger partial charge in [-0.2, -0.15) is 0 Å². The zero-order valence-electron chi connectivity index (χ0n) is 6.10. The third kappa shape index (κ3) is 7.52. The topological polar surface area (TPSA) is 94.8 Å². The van der Waals surface area contributed by atoms with Gasteiger partial charge >= 0.3 is 13.6 Å². The third-order valence-electron chi connectivity index (χ3n) is 1.07. The zero-order chi connectivity index (χ0) is 9.07. The molecule has 66 valence electrons. The van der Waals surface area contributed by atoms with Crippen LogP contribution in [0.4, 0.5) is 0 Å². The number of hydrogen-bond acceptors (Lipinski definition) is 2. The number of carboxylic acid groups (broad SMARTS) is 1. The number of carbonyl (C=O) groups is 1. The van der Waals surface area contributed by atoms with Crippen molar-refractivity contribution in [2.75, 3.05) is 6.16 Å². The van der Waals surface area contributed by atoms with Crippen molar-refractivity contribution < 1.29 is 24.3 Å². The number of carboxylic acids is 1. The molecule has 0 saturated heterocycles. The van der Waals surface area contributed by atoms with Crippen LogP contribution in [-0.4, -0.2) is 27.0 Å². The van der Waals surface area contributed by atoms with Crippen LogP contribution >= 0.6 is 7.60 Å². The second-order valence-electron chi connectivity index (χ2n) is 2.55. The minimum Gasteiger partial charge on any atom is -0.481 e. The van der Waals surface area contributed by atoms with Crippen molar-refractivity contribution in [2.24, 2.45) is 5.92 Å². The first kappa shape index (κ1) is 10.6. The van der Waals surface area contributed by atoms with Gasteiger partial charge in [-0.05, 0) is 5.92 Å². The molecule has 5 nitrogen and oxygen atoms in total. The van der Waals surface area contributed by atoms with Gasteiger partial charge in [0.15, 0.2) is 0 Å². The van der Waals surface area contributed by atoms with Gasteiger partial charge in [0.05, 0.1) is 6.16 Å². The average molecular weight is 182 g/mol. The molecule has 0 heterocycles. The Morgan fingerprint density at radius 3 is 2.27 bits per heavy atom. The molecule has 0 saturated carbocycles. The van der Waals surface area contributed by atoms with Crippen molar-refractivity contribution in [3.05, 3.63) is 0 Å². The molecular weight excluding hydrogens is 171 g/mol. The molecule has 0 radical (unpaired) electrons.